The highest BCUT2D eigenvalue weighted by Crippen LogP contribution is 2.30. The molecule has 1 saturated heterocycles. The molecule has 2 rings (SSSR count). The molecule has 1 unspecified atom stereocenters. The monoisotopic (exact) mass is 286 g/mol. The second-order valence-electron chi connectivity index (χ2n) is 3.32. The SMILES string of the molecule is N#CC(c1ccc(Br)s1)N1CCOCC1. The molecule has 0 radical (unpaired) electrons. The topological polar surface area (TPSA) is 36.3 Å². The molecule has 0 bridgehead atoms. The second-order valence-corrected chi connectivity index (χ2v) is 5.82. The van der Waals surface area contributed by atoms with Gasteiger partial charge in [-0.1, -0.05) is 0 Å². The van der Waals surface area contributed by atoms with Crippen LogP contribution in [0.2, 0.25) is 0 Å². The zero-order chi connectivity index (χ0) is 10.7. The molecule has 3 nitrogen and oxygen atoms in total. The average molecular weight is 287 g/mol. The van der Waals surface area contributed by atoms with Gasteiger partial charge in [-0.05, 0) is 28.1 Å². The van der Waals surface area contributed by atoms with Crippen LogP contribution in [0, 0.1) is 11.3 Å². The third-order valence-electron chi connectivity index (χ3n) is 2.40. The number of morpholine rings is 1. The number of hydrogen-bond acceptors (Lipinski definition) is 4. The number of thiophene rings is 1. The minimum Gasteiger partial charge on any atom is -0.379 e. The first-order valence-electron chi connectivity index (χ1n) is 4.78. The molecule has 5 heteroatoms. The average Bonchev–Trinajstić information content (AvgIpc) is 2.68. The zero-order valence-corrected chi connectivity index (χ0v) is 10.6. The molecule has 1 aliphatic rings. The molecule has 0 amide bonds. The molecule has 1 aliphatic heterocycles. The second kappa shape index (κ2) is 5.08. The van der Waals surface area contributed by atoms with Crippen LogP contribution in [-0.4, -0.2) is 31.2 Å². The van der Waals surface area contributed by atoms with Gasteiger partial charge in [-0.25, -0.2) is 0 Å². The van der Waals surface area contributed by atoms with E-state index in [1.807, 2.05) is 12.1 Å². The molecule has 1 fully saturated rings. The van der Waals surface area contributed by atoms with Gasteiger partial charge < -0.3 is 4.74 Å². The van der Waals surface area contributed by atoms with E-state index in [4.69, 9.17) is 4.74 Å². The fourth-order valence-electron chi connectivity index (χ4n) is 1.64. The molecule has 0 saturated carbocycles. The summed E-state index contributed by atoms with van der Waals surface area (Å²) in [5.41, 5.74) is 0. The van der Waals surface area contributed by atoms with Crippen LogP contribution in [0.1, 0.15) is 10.9 Å². The van der Waals surface area contributed by atoms with Crippen molar-refractivity contribution < 1.29 is 4.74 Å². The Morgan fingerprint density at radius 2 is 2.20 bits per heavy atom. The van der Waals surface area contributed by atoms with Crippen molar-refractivity contribution in [3.63, 3.8) is 0 Å². The summed E-state index contributed by atoms with van der Waals surface area (Å²) in [6.45, 7) is 3.14. The van der Waals surface area contributed by atoms with Gasteiger partial charge in [-0.3, -0.25) is 4.90 Å². The molecule has 1 atom stereocenters. The highest BCUT2D eigenvalue weighted by Gasteiger charge is 2.23. The summed E-state index contributed by atoms with van der Waals surface area (Å²) < 4.78 is 6.35. The van der Waals surface area contributed by atoms with Gasteiger partial charge in [0.25, 0.3) is 0 Å². The van der Waals surface area contributed by atoms with Gasteiger partial charge >= 0.3 is 0 Å². The molecule has 15 heavy (non-hydrogen) atoms. The lowest BCUT2D eigenvalue weighted by Crippen LogP contribution is -2.38. The first-order chi connectivity index (χ1) is 7.31. The Hall–Kier alpha value is -0.410. The number of nitriles is 1. The van der Waals surface area contributed by atoms with E-state index in [1.54, 1.807) is 11.3 Å². The molecule has 80 valence electrons. The molecule has 1 aromatic heterocycles. The summed E-state index contributed by atoms with van der Waals surface area (Å²) in [6.07, 6.45) is 0. The predicted octanol–water partition coefficient (Wildman–Crippen LogP) is 2.41. The molecule has 2 heterocycles. The lowest BCUT2D eigenvalue weighted by atomic mass is 10.2. The standard InChI is InChI=1S/C10H11BrN2OS/c11-10-2-1-9(15-10)8(7-12)13-3-5-14-6-4-13/h1-2,8H,3-6H2. The number of nitrogens with zero attached hydrogens (tertiary/aromatic N) is 2. The van der Waals surface area contributed by atoms with Crippen molar-refractivity contribution >= 4 is 27.3 Å². The van der Waals surface area contributed by atoms with Crippen LogP contribution in [0.25, 0.3) is 0 Å². The Morgan fingerprint density at radius 3 is 2.73 bits per heavy atom. The Balaban J connectivity index is 2.13. The van der Waals surface area contributed by atoms with Crippen molar-refractivity contribution in [3.05, 3.63) is 20.8 Å². The molecular weight excluding hydrogens is 276 g/mol. The number of halogens is 1. The van der Waals surface area contributed by atoms with Gasteiger partial charge in [0.05, 0.1) is 23.1 Å². The maximum Gasteiger partial charge on any atom is 0.133 e. The van der Waals surface area contributed by atoms with Crippen LogP contribution in [0.5, 0.6) is 0 Å². The quantitative estimate of drug-likeness (QED) is 0.838. The van der Waals surface area contributed by atoms with Crippen molar-refractivity contribution in [3.8, 4) is 6.07 Å². The smallest absolute Gasteiger partial charge is 0.133 e. The van der Waals surface area contributed by atoms with E-state index in [2.05, 4.69) is 26.9 Å². The fraction of sp³-hybridized carbons (Fsp3) is 0.500. The van der Waals surface area contributed by atoms with E-state index in [0.717, 1.165) is 35.0 Å². The lowest BCUT2D eigenvalue weighted by molar-refractivity contribution is 0.0272. The number of rotatable bonds is 2. The first-order valence-corrected chi connectivity index (χ1v) is 6.39. The van der Waals surface area contributed by atoms with Crippen LogP contribution in [0.4, 0.5) is 0 Å². The van der Waals surface area contributed by atoms with Crippen LogP contribution < -0.4 is 0 Å². The molecular formula is C10H11BrN2OS. The Bertz CT molecular complexity index is 368. The maximum atomic E-state index is 9.20. The van der Waals surface area contributed by atoms with Crippen LogP contribution >= 0.6 is 27.3 Å². The van der Waals surface area contributed by atoms with Crippen LogP contribution in [0.3, 0.4) is 0 Å². The van der Waals surface area contributed by atoms with Gasteiger partial charge in [0.1, 0.15) is 6.04 Å². The molecule has 1 aromatic rings. The van der Waals surface area contributed by atoms with Gasteiger partial charge in [0, 0.05) is 18.0 Å². The van der Waals surface area contributed by atoms with Crippen molar-refractivity contribution in [1.29, 1.82) is 5.26 Å². The van der Waals surface area contributed by atoms with E-state index < -0.39 is 0 Å². The van der Waals surface area contributed by atoms with Crippen molar-refractivity contribution in [2.75, 3.05) is 26.3 Å². The van der Waals surface area contributed by atoms with Crippen molar-refractivity contribution in [2.24, 2.45) is 0 Å². The van der Waals surface area contributed by atoms with E-state index in [9.17, 15) is 5.26 Å². The van der Waals surface area contributed by atoms with Crippen molar-refractivity contribution in [2.45, 2.75) is 6.04 Å². The molecule has 0 aromatic carbocycles. The normalized spacial score (nSPS) is 19.7. The molecule has 0 aliphatic carbocycles. The van der Waals surface area contributed by atoms with Crippen LogP contribution in [0.15, 0.2) is 15.9 Å². The van der Waals surface area contributed by atoms with E-state index in [0.29, 0.717) is 0 Å². The highest BCUT2D eigenvalue weighted by molar-refractivity contribution is 9.11. The van der Waals surface area contributed by atoms with E-state index in [1.165, 1.54) is 0 Å². The number of hydrogen-bond donors (Lipinski definition) is 0. The Morgan fingerprint density at radius 1 is 1.47 bits per heavy atom. The maximum absolute atomic E-state index is 9.20. The summed E-state index contributed by atoms with van der Waals surface area (Å²) >= 11 is 5.05. The first kappa shape index (κ1) is 11.1. The van der Waals surface area contributed by atoms with Gasteiger partial charge in [0.15, 0.2) is 0 Å². The third-order valence-corrected chi connectivity index (χ3v) is 4.07. The lowest BCUT2D eigenvalue weighted by Gasteiger charge is -2.29. The van der Waals surface area contributed by atoms with Gasteiger partial charge in [0.2, 0.25) is 0 Å². The van der Waals surface area contributed by atoms with E-state index >= 15 is 0 Å². The number of ether oxygens (including phenoxy) is 1. The summed E-state index contributed by atoms with van der Waals surface area (Å²) in [5, 5.41) is 9.20. The minimum absolute atomic E-state index is 0.120. The zero-order valence-electron chi connectivity index (χ0n) is 8.15. The predicted molar refractivity (Wildman–Crippen MR) is 62.8 cm³/mol. The molecule has 0 spiro atoms. The highest BCUT2D eigenvalue weighted by atomic mass is 79.9. The summed E-state index contributed by atoms with van der Waals surface area (Å²) in [7, 11) is 0. The third kappa shape index (κ3) is 2.58. The minimum atomic E-state index is -0.120. The fourth-order valence-corrected chi connectivity index (χ4v) is 3.14. The summed E-state index contributed by atoms with van der Waals surface area (Å²) in [5.74, 6) is 0. The largest absolute Gasteiger partial charge is 0.379 e. The summed E-state index contributed by atoms with van der Waals surface area (Å²) in [4.78, 5) is 3.27. The molecule has 0 N–H and O–H groups in total. The van der Waals surface area contributed by atoms with Crippen LogP contribution in [-0.2, 0) is 4.74 Å². The van der Waals surface area contributed by atoms with Crippen molar-refractivity contribution in [1.82, 2.24) is 4.90 Å². The van der Waals surface area contributed by atoms with Gasteiger partial charge in [-0.2, -0.15) is 5.26 Å². The Labute approximate surface area is 101 Å². The van der Waals surface area contributed by atoms with Gasteiger partial charge in [-0.15, -0.1) is 11.3 Å². The summed E-state index contributed by atoms with van der Waals surface area (Å²) in [6, 6.07) is 6.24. The van der Waals surface area contributed by atoms with E-state index in [-0.39, 0.29) is 6.04 Å². The Kier molecular flexibility index (Phi) is 3.76.